The van der Waals surface area contributed by atoms with Crippen LogP contribution in [-0.2, 0) is 6.18 Å². The van der Waals surface area contributed by atoms with Gasteiger partial charge in [0.15, 0.2) is 0 Å². The summed E-state index contributed by atoms with van der Waals surface area (Å²) in [6, 6.07) is 13.1. The topological polar surface area (TPSA) is 91.0 Å². The first-order valence-electron chi connectivity index (χ1n) is 10.5. The summed E-state index contributed by atoms with van der Waals surface area (Å²) in [6.45, 7) is 3.62. The second-order valence-electron chi connectivity index (χ2n) is 8.21. The zero-order valence-corrected chi connectivity index (χ0v) is 20.3. The van der Waals surface area contributed by atoms with E-state index < -0.39 is 29.1 Å². The van der Waals surface area contributed by atoms with Crippen molar-refractivity contribution in [2.75, 3.05) is 22.5 Å². The number of benzene rings is 2. The van der Waals surface area contributed by atoms with Crippen LogP contribution in [0.15, 0.2) is 54.7 Å². The number of amides is 2. The van der Waals surface area contributed by atoms with Gasteiger partial charge in [0.05, 0.1) is 10.0 Å². The van der Waals surface area contributed by atoms with Gasteiger partial charge in [-0.1, -0.05) is 41.4 Å². The predicted octanol–water partition coefficient (Wildman–Crippen LogP) is 6.95. The number of urea groups is 1. The van der Waals surface area contributed by atoms with E-state index in [9.17, 15) is 18.0 Å². The lowest BCUT2D eigenvalue weighted by molar-refractivity contribution is -0.137. The summed E-state index contributed by atoms with van der Waals surface area (Å²) in [5.41, 5.74) is -0.784. The number of aromatic nitrogens is 2. The van der Waals surface area contributed by atoms with Crippen LogP contribution in [0, 0.1) is 0 Å². The van der Waals surface area contributed by atoms with Crippen LogP contribution in [0.2, 0.25) is 10.0 Å². The first-order chi connectivity index (χ1) is 16.4. The molecule has 4 N–H and O–H groups in total. The van der Waals surface area contributed by atoms with E-state index in [0.717, 1.165) is 0 Å². The van der Waals surface area contributed by atoms with Gasteiger partial charge in [-0.25, -0.2) is 9.78 Å². The van der Waals surface area contributed by atoms with Crippen LogP contribution < -0.4 is 21.3 Å². The number of rotatable bonds is 8. The van der Waals surface area contributed by atoms with Gasteiger partial charge in [-0.3, -0.25) is 0 Å². The van der Waals surface area contributed by atoms with E-state index in [4.69, 9.17) is 23.2 Å². The molecule has 1 heterocycles. The summed E-state index contributed by atoms with van der Waals surface area (Å²) in [7, 11) is 0. The van der Waals surface area contributed by atoms with Gasteiger partial charge in [0.25, 0.3) is 0 Å². The highest BCUT2D eigenvalue weighted by molar-refractivity contribution is 6.42. The Kier molecular flexibility index (Phi) is 8.29. The maximum Gasteiger partial charge on any atom is 0.421 e. The van der Waals surface area contributed by atoms with Gasteiger partial charge in [0, 0.05) is 29.7 Å². The molecule has 0 unspecified atom stereocenters. The quantitative estimate of drug-likeness (QED) is 0.255. The fourth-order valence-electron chi connectivity index (χ4n) is 3.02. The lowest BCUT2D eigenvalue weighted by atomic mass is 10.0. The third-order valence-corrected chi connectivity index (χ3v) is 5.53. The molecule has 2 aromatic carbocycles. The highest BCUT2D eigenvalue weighted by Gasteiger charge is 2.36. The number of halogens is 5. The monoisotopic (exact) mass is 526 g/mol. The molecule has 12 heteroatoms. The number of alkyl halides is 3. The SMILES string of the molecule is CC(C)(CCNC(=O)Nc1ccccc1)Nc1nc(Nc2ccc(Cl)c(Cl)c2)ncc1C(F)(F)F. The minimum atomic E-state index is -4.67. The highest BCUT2D eigenvalue weighted by atomic mass is 35.5. The lowest BCUT2D eigenvalue weighted by Crippen LogP contribution is -2.38. The smallest absolute Gasteiger partial charge is 0.364 e. The van der Waals surface area contributed by atoms with E-state index in [1.165, 1.54) is 6.07 Å². The number of carbonyl (C=O) groups is 1. The predicted molar refractivity (Wildman–Crippen MR) is 133 cm³/mol. The average molecular weight is 527 g/mol. The Bertz CT molecular complexity index is 1180. The molecule has 0 atom stereocenters. The molecule has 7 nitrogen and oxygen atoms in total. The van der Waals surface area contributed by atoms with Gasteiger partial charge in [-0.2, -0.15) is 18.2 Å². The normalized spacial score (nSPS) is 11.6. The van der Waals surface area contributed by atoms with E-state index >= 15 is 0 Å². The number of hydrogen-bond acceptors (Lipinski definition) is 5. The molecule has 3 rings (SSSR count). The van der Waals surface area contributed by atoms with E-state index in [0.29, 0.717) is 29.0 Å². The Morgan fingerprint density at radius 2 is 1.71 bits per heavy atom. The Morgan fingerprint density at radius 1 is 1.00 bits per heavy atom. The molecule has 0 aliphatic carbocycles. The number of carbonyl (C=O) groups excluding carboxylic acids is 1. The maximum absolute atomic E-state index is 13.6. The van der Waals surface area contributed by atoms with Crippen LogP contribution >= 0.6 is 23.2 Å². The maximum atomic E-state index is 13.6. The van der Waals surface area contributed by atoms with Crippen molar-refractivity contribution in [2.24, 2.45) is 0 Å². The number of anilines is 4. The van der Waals surface area contributed by atoms with E-state index in [2.05, 4.69) is 31.2 Å². The van der Waals surface area contributed by atoms with Crippen LogP contribution in [0.3, 0.4) is 0 Å². The summed E-state index contributed by atoms with van der Waals surface area (Å²) >= 11 is 11.9. The first-order valence-corrected chi connectivity index (χ1v) is 11.2. The van der Waals surface area contributed by atoms with Crippen molar-refractivity contribution in [3.8, 4) is 0 Å². The van der Waals surface area contributed by atoms with Crippen molar-refractivity contribution in [3.63, 3.8) is 0 Å². The van der Waals surface area contributed by atoms with Gasteiger partial charge in [0.1, 0.15) is 11.4 Å². The molecule has 0 saturated carbocycles. The fourth-order valence-corrected chi connectivity index (χ4v) is 3.31. The summed E-state index contributed by atoms with van der Waals surface area (Å²) < 4.78 is 40.8. The molecule has 186 valence electrons. The molecule has 3 aromatic rings. The van der Waals surface area contributed by atoms with E-state index in [1.54, 1.807) is 50.2 Å². The largest absolute Gasteiger partial charge is 0.421 e. The van der Waals surface area contributed by atoms with Gasteiger partial charge in [-0.05, 0) is 50.6 Å². The molecule has 2 amide bonds. The summed E-state index contributed by atoms with van der Waals surface area (Å²) in [5, 5.41) is 11.6. The van der Waals surface area contributed by atoms with Crippen LogP contribution in [0.5, 0.6) is 0 Å². The van der Waals surface area contributed by atoms with Crippen molar-refractivity contribution < 1.29 is 18.0 Å². The molecule has 35 heavy (non-hydrogen) atoms. The molecule has 1 aromatic heterocycles. The third kappa shape index (κ3) is 7.90. The van der Waals surface area contributed by atoms with Crippen LogP contribution in [0.25, 0.3) is 0 Å². The van der Waals surface area contributed by atoms with Crippen molar-refractivity contribution in [2.45, 2.75) is 32.0 Å². The van der Waals surface area contributed by atoms with Crippen molar-refractivity contribution >= 4 is 52.4 Å². The minimum Gasteiger partial charge on any atom is -0.364 e. The minimum absolute atomic E-state index is 0.0601. The van der Waals surface area contributed by atoms with E-state index in [-0.39, 0.29) is 17.5 Å². The zero-order chi connectivity index (χ0) is 25.6. The number of nitrogens with one attached hydrogen (secondary N) is 4. The van der Waals surface area contributed by atoms with E-state index in [1.807, 2.05) is 6.07 Å². The molecule has 0 radical (unpaired) electrons. The van der Waals surface area contributed by atoms with Crippen molar-refractivity contribution in [1.82, 2.24) is 15.3 Å². The van der Waals surface area contributed by atoms with Gasteiger partial charge in [0.2, 0.25) is 5.95 Å². The van der Waals surface area contributed by atoms with Crippen LogP contribution in [0.4, 0.5) is 41.1 Å². The Morgan fingerprint density at radius 3 is 2.37 bits per heavy atom. The third-order valence-electron chi connectivity index (χ3n) is 4.79. The van der Waals surface area contributed by atoms with Gasteiger partial charge >= 0.3 is 12.2 Å². The Labute approximate surface area is 210 Å². The van der Waals surface area contributed by atoms with Crippen LogP contribution in [-0.4, -0.2) is 28.1 Å². The first kappa shape index (κ1) is 26.4. The molecular weight excluding hydrogens is 504 g/mol. The second kappa shape index (κ2) is 11.0. The fraction of sp³-hybridized carbons (Fsp3) is 0.261. The van der Waals surface area contributed by atoms with Crippen molar-refractivity contribution in [1.29, 1.82) is 0 Å². The van der Waals surface area contributed by atoms with Gasteiger partial charge in [-0.15, -0.1) is 0 Å². The number of nitrogens with zero attached hydrogens (tertiary/aromatic N) is 2. The van der Waals surface area contributed by atoms with Gasteiger partial charge < -0.3 is 21.3 Å². The average Bonchev–Trinajstić information content (AvgIpc) is 2.76. The molecular formula is C23H23Cl2F3N6O. The lowest BCUT2D eigenvalue weighted by Gasteiger charge is -2.28. The molecule has 0 aliphatic rings. The summed E-state index contributed by atoms with van der Waals surface area (Å²) in [5.74, 6) is -0.455. The second-order valence-corrected chi connectivity index (χ2v) is 9.03. The number of hydrogen-bond donors (Lipinski definition) is 4. The summed E-state index contributed by atoms with van der Waals surface area (Å²) in [6.07, 6.45) is -3.66. The van der Waals surface area contributed by atoms with Crippen LogP contribution in [0.1, 0.15) is 25.8 Å². The standard InChI is InChI=1S/C23H23Cl2F3N6O/c1-22(2,10-11-29-21(35)32-14-6-4-3-5-7-14)34-19-16(23(26,27)28)13-30-20(33-19)31-15-8-9-17(24)18(25)12-15/h3-9,12-13H,10-11H2,1-2H3,(H2,29,32,35)(H2,30,31,33,34). The number of para-hydroxylation sites is 1. The molecule has 0 fully saturated rings. The molecule has 0 aliphatic heterocycles. The summed E-state index contributed by atoms with van der Waals surface area (Å²) in [4.78, 5) is 19.9. The molecule has 0 spiro atoms. The Balaban J connectivity index is 1.69. The Hall–Kier alpha value is -3.24. The zero-order valence-electron chi connectivity index (χ0n) is 18.8. The molecule has 0 bridgehead atoms. The highest BCUT2D eigenvalue weighted by Crippen LogP contribution is 2.35. The van der Waals surface area contributed by atoms with Crippen molar-refractivity contribution in [3.05, 3.63) is 70.3 Å². The molecule has 0 saturated heterocycles.